The Morgan fingerprint density at radius 2 is 1.72 bits per heavy atom. The van der Waals surface area contributed by atoms with Crippen molar-refractivity contribution in [3.05, 3.63) is 28.7 Å². The maximum absolute atomic E-state index is 12.4. The van der Waals surface area contributed by atoms with E-state index < -0.39 is 15.3 Å². The minimum atomic E-state index is -3.44. The summed E-state index contributed by atoms with van der Waals surface area (Å²) in [7, 11) is -3.44. The standard InChI is InChI=1S/C11H16BrN3O2S/c1-7-11(8(2)14-13-7)18(16,17)15-10-6-4-3-5-9(10)12/h3-8,11,13-15H,1-2H3. The van der Waals surface area contributed by atoms with Crippen molar-refractivity contribution in [3.63, 3.8) is 0 Å². The molecule has 0 amide bonds. The van der Waals surface area contributed by atoms with Gasteiger partial charge in [-0.3, -0.25) is 15.6 Å². The molecule has 1 heterocycles. The molecule has 1 aliphatic rings. The third-order valence-corrected chi connectivity index (χ3v) is 5.74. The van der Waals surface area contributed by atoms with Crippen LogP contribution in [0.3, 0.4) is 0 Å². The van der Waals surface area contributed by atoms with Crippen LogP contribution in [0.5, 0.6) is 0 Å². The van der Waals surface area contributed by atoms with E-state index in [1.54, 1.807) is 18.2 Å². The first-order valence-corrected chi connectivity index (χ1v) is 8.03. The summed E-state index contributed by atoms with van der Waals surface area (Å²) < 4.78 is 28.1. The molecule has 0 spiro atoms. The van der Waals surface area contributed by atoms with Gasteiger partial charge in [-0.25, -0.2) is 8.42 Å². The number of hydrogen-bond donors (Lipinski definition) is 3. The smallest absolute Gasteiger partial charge is 0.238 e. The highest BCUT2D eigenvalue weighted by Gasteiger charge is 2.40. The Kier molecular flexibility index (Phi) is 3.96. The summed E-state index contributed by atoms with van der Waals surface area (Å²) >= 11 is 3.33. The lowest BCUT2D eigenvalue weighted by Crippen LogP contribution is -2.41. The summed E-state index contributed by atoms with van der Waals surface area (Å²) in [6.45, 7) is 3.70. The van der Waals surface area contributed by atoms with Gasteiger partial charge in [0.25, 0.3) is 0 Å². The third kappa shape index (κ3) is 2.69. The van der Waals surface area contributed by atoms with Gasteiger partial charge < -0.3 is 0 Å². The number of hydrogen-bond acceptors (Lipinski definition) is 4. The highest BCUT2D eigenvalue weighted by atomic mass is 79.9. The van der Waals surface area contributed by atoms with Crippen molar-refractivity contribution >= 4 is 31.6 Å². The van der Waals surface area contributed by atoms with Gasteiger partial charge in [0.2, 0.25) is 10.0 Å². The van der Waals surface area contributed by atoms with Crippen molar-refractivity contribution < 1.29 is 8.42 Å². The Bertz CT molecular complexity index is 525. The fourth-order valence-corrected chi connectivity index (χ4v) is 4.51. The maximum Gasteiger partial charge on any atom is 0.238 e. The van der Waals surface area contributed by atoms with Gasteiger partial charge in [-0.05, 0) is 41.9 Å². The molecule has 2 rings (SSSR count). The Hall–Kier alpha value is -0.630. The number of benzene rings is 1. The average molecular weight is 334 g/mol. The number of hydrazine groups is 1. The predicted molar refractivity (Wildman–Crippen MR) is 75.7 cm³/mol. The van der Waals surface area contributed by atoms with E-state index in [2.05, 4.69) is 31.5 Å². The highest BCUT2D eigenvalue weighted by Crippen LogP contribution is 2.25. The van der Waals surface area contributed by atoms with E-state index in [1.807, 2.05) is 19.9 Å². The van der Waals surface area contributed by atoms with Crippen LogP contribution >= 0.6 is 15.9 Å². The first-order chi connectivity index (χ1) is 8.42. The monoisotopic (exact) mass is 333 g/mol. The van der Waals surface area contributed by atoms with Gasteiger partial charge in [-0.15, -0.1) is 0 Å². The maximum atomic E-state index is 12.4. The van der Waals surface area contributed by atoms with Crippen LogP contribution in [0.2, 0.25) is 0 Å². The van der Waals surface area contributed by atoms with Crippen molar-refractivity contribution in [1.29, 1.82) is 0 Å². The van der Waals surface area contributed by atoms with Gasteiger partial charge >= 0.3 is 0 Å². The van der Waals surface area contributed by atoms with Gasteiger partial charge in [-0.1, -0.05) is 12.1 Å². The molecule has 1 aromatic carbocycles. The second-order valence-corrected chi connectivity index (χ2v) is 7.15. The molecule has 0 radical (unpaired) electrons. The summed E-state index contributed by atoms with van der Waals surface area (Å²) in [6, 6.07) is 6.88. The summed E-state index contributed by atoms with van der Waals surface area (Å²) in [4.78, 5) is 0. The number of rotatable bonds is 3. The Morgan fingerprint density at radius 1 is 1.17 bits per heavy atom. The molecule has 3 N–H and O–H groups in total. The molecule has 2 atom stereocenters. The van der Waals surface area contributed by atoms with E-state index in [0.29, 0.717) is 5.69 Å². The number of para-hydroxylation sites is 1. The van der Waals surface area contributed by atoms with E-state index in [9.17, 15) is 8.42 Å². The molecule has 7 heteroatoms. The fourth-order valence-electron chi connectivity index (χ4n) is 2.16. The number of anilines is 1. The number of halogens is 1. The molecule has 0 aromatic heterocycles. The number of sulfonamides is 1. The van der Waals surface area contributed by atoms with Crippen molar-refractivity contribution in [1.82, 2.24) is 10.9 Å². The Morgan fingerprint density at radius 3 is 2.28 bits per heavy atom. The van der Waals surface area contributed by atoms with Gasteiger partial charge in [0, 0.05) is 16.6 Å². The minimum Gasteiger partial charge on any atom is -0.282 e. The highest BCUT2D eigenvalue weighted by molar-refractivity contribution is 9.10. The van der Waals surface area contributed by atoms with Crippen molar-refractivity contribution in [2.45, 2.75) is 31.2 Å². The average Bonchev–Trinajstić information content (AvgIpc) is 2.62. The Balaban J connectivity index is 2.25. The topological polar surface area (TPSA) is 70.2 Å². The normalized spacial score (nSPS) is 28.3. The van der Waals surface area contributed by atoms with Crippen LogP contribution < -0.4 is 15.6 Å². The zero-order valence-corrected chi connectivity index (χ0v) is 12.5. The lowest BCUT2D eigenvalue weighted by Gasteiger charge is -2.20. The SMILES string of the molecule is CC1NNC(C)C1S(=O)(=O)Nc1ccccc1Br. The minimum absolute atomic E-state index is 0.139. The quantitative estimate of drug-likeness (QED) is 0.782. The second-order valence-electron chi connectivity index (χ2n) is 4.46. The van der Waals surface area contributed by atoms with Crippen molar-refractivity contribution in [3.8, 4) is 0 Å². The second kappa shape index (κ2) is 5.16. The van der Waals surface area contributed by atoms with E-state index >= 15 is 0 Å². The molecule has 1 aliphatic heterocycles. The van der Waals surface area contributed by atoms with Crippen LogP contribution in [-0.2, 0) is 10.0 Å². The van der Waals surface area contributed by atoms with Crippen LogP contribution in [0.15, 0.2) is 28.7 Å². The van der Waals surface area contributed by atoms with E-state index in [4.69, 9.17) is 0 Å². The van der Waals surface area contributed by atoms with Crippen molar-refractivity contribution in [2.75, 3.05) is 4.72 Å². The molecule has 5 nitrogen and oxygen atoms in total. The molecular weight excluding hydrogens is 318 g/mol. The van der Waals surface area contributed by atoms with E-state index in [1.165, 1.54) is 0 Å². The van der Waals surface area contributed by atoms with E-state index in [-0.39, 0.29) is 12.1 Å². The van der Waals surface area contributed by atoms with Crippen LogP contribution in [-0.4, -0.2) is 25.8 Å². The summed E-state index contributed by atoms with van der Waals surface area (Å²) in [6.07, 6.45) is 0. The summed E-state index contributed by atoms with van der Waals surface area (Å²) in [5, 5.41) is -0.510. The van der Waals surface area contributed by atoms with Gasteiger partial charge in [-0.2, -0.15) is 0 Å². The molecule has 18 heavy (non-hydrogen) atoms. The predicted octanol–water partition coefficient (Wildman–Crippen LogP) is 1.44. The van der Waals surface area contributed by atoms with Crippen LogP contribution in [0.4, 0.5) is 5.69 Å². The third-order valence-electron chi connectivity index (χ3n) is 3.01. The lowest BCUT2D eigenvalue weighted by atomic mass is 10.2. The van der Waals surface area contributed by atoms with Gasteiger partial charge in [0.1, 0.15) is 5.25 Å². The molecule has 1 saturated heterocycles. The zero-order valence-electron chi connectivity index (χ0n) is 10.1. The molecule has 2 unspecified atom stereocenters. The summed E-state index contributed by atoms with van der Waals surface area (Å²) in [5.74, 6) is 0. The molecule has 0 aliphatic carbocycles. The van der Waals surface area contributed by atoms with Crippen molar-refractivity contribution in [2.24, 2.45) is 0 Å². The lowest BCUT2D eigenvalue weighted by molar-refractivity contribution is 0.564. The molecule has 100 valence electrons. The van der Waals surface area contributed by atoms with Gasteiger partial charge in [0.05, 0.1) is 5.69 Å². The first-order valence-electron chi connectivity index (χ1n) is 5.69. The Labute approximate surface area is 115 Å². The van der Waals surface area contributed by atoms with Crippen LogP contribution in [0.25, 0.3) is 0 Å². The van der Waals surface area contributed by atoms with Crippen LogP contribution in [0.1, 0.15) is 13.8 Å². The zero-order chi connectivity index (χ0) is 13.3. The van der Waals surface area contributed by atoms with E-state index in [0.717, 1.165) is 4.47 Å². The largest absolute Gasteiger partial charge is 0.282 e. The fraction of sp³-hybridized carbons (Fsp3) is 0.455. The first kappa shape index (κ1) is 13.8. The molecule has 0 bridgehead atoms. The molecular formula is C11H16BrN3O2S. The molecule has 0 saturated carbocycles. The van der Waals surface area contributed by atoms with Gasteiger partial charge in [0.15, 0.2) is 0 Å². The molecule has 1 aromatic rings. The number of nitrogens with one attached hydrogen (secondary N) is 3. The molecule has 1 fully saturated rings. The van der Waals surface area contributed by atoms with Crippen LogP contribution in [0, 0.1) is 0 Å². The summed E-state index contributed by atoms with van der Waals surface area (Å²) in [5.41, 5.74) is 6.45.